The van der Waals surface area contributed by atoms with Crippen molar-refractivity contribution in [1.82, 2.24) is 9.44 Å². The van der Waals surface area contributed by atoms with Gasteiger partial charge in [0.25, 0.3) is 10.2 Å². The number of aliphatic carboxylic acids is 1. The topological polar surface area (TPSA) is 95.5 Å². The summed E-state index contributed by atoms with van der Waals surface area (Å²) in [5.74, 6) is -1.45. The van der Waals surface area contributed by atoms with Crippen LogP contribution < -0.4 is 9.44 Å². The highest BCUT2D eigenvalue weighted by Gasteiger charge is 2.21. The number of hydrogen-bond acceptors (Lipinski definition) is 3. The molecule has 0 aromatic heterocycles. The van der Waals surface area contributed by atoms with E-state index in [0.29, 0.717) is 19.4 Å². The molecule has 1 unspecified atom stereocenters. The summed E-state index contributed by atoms with van der Waals surface area (Å²) in [6, 6.07) is 0. The van der Waals surface area contributed by atoms with Gasteiger partial charge in [-0.1, -0.05) is 20.8 Å². The zero-order valence-corrected chi connectivity index (χ0v) is 11.4. The van der Waals surface area contributed by atoms with E-state index in [1.54, 1.807) is 0 Å². The Morgan fingerprint density at radius 3 is 2.29 bits per heavy atom. The van der Waals surface area contributed by atoms with Crippen molar-refractivity contribution in [2.24, 2.45) is 11.8 Å². The molecule has 102 valence electrons. The Bertz CT molecular complexity index is 327. The molecule has 1 atom stereocenters. The Morgan fingerprint density at radius 1 is 1.29 bits per heavy atom. The average molecular weight is 266 g/mol. The van der Waals surface area contributed by atoms with Crippen LogP contribution in [0.5, 0.6) is 0 Å². The van der Waals surface area contributed by atoms with Crippen molar-refractivity contribution in [2.45, 2.75) is 33.6 Å². The number of carboxylic acids is 1. The molecule has 0 aliphatic heterocycles. The van der Waals surface area contributed by atoms with Gasteiger partial charge in [0.2, 0.25) is 0 Å². The highest BCUT2D eigenvalue weighted by Crippen LogP contribution is 2.11. The first kappa shape index (κ1) is 16.3. The molecular formula is C10H22N2O4S. The van der Waals surface area contributed by atoms with Crippen LogP contribution in [0, 0.1) is 11.8 Å². The van der Waals surface area contributed by atoms with Crippen molar-refractivity contribution < 1.29 is 18.3 Å². The monoisotopic (exact) mass is 266 g/mol. The van der Waals surface area contributed by atoms with Gasteiger partial charge in [-0.2, -0.15) is 8.42 Å². The molecule has 0 radical (unpaired) electrons. The molecule has 0 bridgehead atoms. The number of rotatable bonds is 9. The Balaban J connectivity index is 4.25. The normalized spacial score (nSPS) is 13.9. The van der Waals surface area contributed by atoms with Crippen LogP contribution in [0.1, 0.15) is 33.6 Å². The predicted octanol–water partition coefficient (Wildman–Crippen LogP) is 0.567. The van der Waals surface area contributed by atoms with E-state index in [2.05, 4.69) is 9.44 Å². The van der Waals surface area contributed by atoms with Crippen LogP contribution in [0.15, 0.2) is 0 Å². The minimum absolute atomic E-state index is 0.0768. The minimum atomic E-state index is -3.57. The molecule has 17 heavy (non-hydrogen) atoms. The van der Waals surface area contributed by atoms with Gasteiger partial charge in [-0.15, -0.1) is 0 Å². The lowest BCUT2D eigenvalue weighted by molar-refractivity contribution is -0.142. The molecule has 3 N–H and O–H groups in total. The molecular weight excluding hydrogens is 244 g/mol. The zero-order valence-electron chi connectivity index (χ0n) is 10.6. The lowest BCUT2D eigenvalue weighted by Gasteiger charge is -2.15. The van der Waals surface area contributed by atoms with Crippen LogP contribution in [0.4, 0.5) is 0 Å². The molecule has 0 spiro atoms. The second kappa shape index (κ2) is 7.62. The quantitative estimate of drug-likeness (QED) is 0.568. The van der Waals surface area contributed by atoms with Crippen LogP contribution in [0.3, 0.4) is 0 Å². The maximum absolute atomic E-state index is 11.4. The number of hydrogen-bond donors (Lipinski definition) is 3. The van der Waals surface area contributed by atoms with E-state index < -0.39 is 22.1 Å². The first-order valence-corrected chi connectivity index (χ1v) is 7.23. The standard InChI is InChI=1S/C10H22N2O4S/c1-4-5-11-17(15,16)12-7-9(10(13)14)6-8(2)3/h8-9,11-12H,4-7H2,1-3H3,(H,13,14). The van der Waals surface area contributed by atoms with Crippen molar-refractivity contribution in [3.63, 3.8) is 0 Å². The van der Waals surface area contributed by atoms with Crippen molar-refractivity contribution in [3.8, 4) is 0 Å². The second-order valence-electron chi connectivity index (χ2n) is 4.41. The smallest absolute Gasteiger partial charge is 0.307 e. The number of carbonyl (C=O) groups is 1. The summed E-state index contributed by atoms with van der Waals surface area (Å²) in [5.41, 5.74) is 0. The van der Waals surface area contributed by atoms with E-state index in [-0.39, 0.29) is 12.5 Å². The van der Waals surface area contributed by atoms with Gasteiger partial charge in [-0.25, -0.2) is 9.44 Å². The van der Waals surface area contributed by atoms with Crippen molar-refractivity contribution >= 4 is 16.2 Å². The summed E-state index contributed by atoms with van der Waals surface area (Å²) in [5, 5.41) is 8.94. The number of nitrogens with one attached hydrogen (secondary N) is 2. The molecule has 0 rings (SSSR count). The molecule has 0 fully saturated rings. The summed E-state index contributed by atoms with van der Waals surface area (Å²) >= 11 is 0. The van der Waals surface area contributed by atoms with Crippen LogP contribution >= 0.6 is 0 Å². The SMILES string of the molecule is CCCNS(=O)(=O)NCC(CC(C)C)C(=O)O. The Hall–Kier alpha value is -0.660. The van der Waals surface area contributed by atoms with Crippen LogP contribution in [0.25, 0.3) is 0 Å². The van der Waals surface area contributed by atoms with Gasteiger partial charge in [0, 0.05) is 13.1 Å². The Labute approximate surface area is 103 Å². The van der Waals surface area contributed by atoms with Gasteiger partial charge in [0.1, 0.15) is 0 Å². The number of carboxylic acid groups (broad SMARTS) is 1. The zero-order chi connectivity index (χ0) is 13.5. The van der Waals surface area contributed by atoms with Crippen LogP contribution in [-0.2, 0) is 15.0 Å². The van der Waals surface area contributed by atoms with E-state index >= 15 is 0 Å². The fourth-order valence-electron chi connectivity index (χ4n) is 1.34. The first-order valence-electron chi connectivity index (χ1n) is 5.75. The summed E-state index contributed by atoms with van der Waals surface area (Å²) in [6.07, 6.45) is 1.14. The third-order valence-corrected chi connectivity index (χ3v) is 3.30. The molecule has 0 heterocycles. The Morgan fingerprint density at radius 2 is 1.88 bits per heavy atom. The summed E-state index contributed by atoms with van der Waals surface area (Å²) in [6.45, 7) is 5.92. The molecule has 7 heteroatoms. The van der Waals surface area contributed by atoms with Crippen molar-refractivity contribution in [1.29, 1.82) is 0 Å². The van der Waals surface area contributed by atoms with Crippen LogP contribution in [0.2, 0.25) is 0 Å². The van der Waals surface area contributed by atoms with Crippen molar-refractivity contribution in [2.75, 3.05) is 13.1 Å². The maximum Gasteiger partial charge on any atom is 0.307 e. The lowest BCUT2D eigenvalue weighted by atomic mass is 9.98. The van der Waals surface area contributed by atoms with Crippen molar-refractivity contribution in [3.05, 3.63) is 0 Å². The van der Waals surface area contributed by atoms with E-state index in [1.807, 2.05) is 20.8 Å². The molecule has 0 amide bonds. The van der Waals surface area contributed by atoms with Gasteiger partial charge in [-0.3, -0.25) is 4.79 Å². The molecule has 0 aliphatic rings. The third-order valence-electron chi connectivity index (χ3n) is 2.17. The highest BCUT2D eigenvalue weighted by atomic mass is 32.2. The molecule has 6 nitrogen and oxygen atoms in total. The minimum Gasteiger partial charge on any atom is -0.481 e. The Kier molecular flexibility index (Phi) is 7.33. The summed E-state index contributed by atoms with van der Waals surface area (Å²) in [4.78, 5) is 10.9. The fraction of sp³-hybridized carbons (Fsp3) is 0.900. The summed E-state index contributed by atoms with van der Waals surface area (Å²) < 4.78 is 27.4. The van der Waals surface area contributed by atoms with Gasteiger partial charge in [0.05, 0.1) is 5.92 Å². The summed E-state index contributed by atoms with van der Waals surface area (Å²) in [7, 11) is -3.57. The second-order valence-corrected chi connectivity index (χ2v) is 6.00. The molecule has 0 saturated carbocycles. The first-order chi connectivity index (χ1) is 7.78. The molecule has 0 saturated heterocycles. The van der Waals surface area contributed by atoms with Gasteiger partial charge in [0.15, 0.2) is 0 Å². The van der Waals surface area contributed by atoms with Gasteiger partial charge in [-0.05, 0) is 18.8 Å². The third kappa shape index (κ3) is 8.12. The van der Waals surface area contributed by atoms with Crippen LogP contribution in [-0.4, -0.2) is 32.6 Å². The fourth-order valence-corrected chi connectivity index (χ4v) is 2.33. The lowest BCUT2D eigenvalue weighted by Crippen LogP contribution is -2.41. The molecule has 0 aromatic carbocycles. The highest BCUT2D eigenvalue weighted by molar-refractivity contribution is 7.87. The molecule has 0 aromatic rings. The van der Waals surface area contributed by atoms with E-state index in [0.717, 1.165) is 0 Å². The van der Waals surface area contributed by atoms with Gasteiger partial charge >= 0.3 is 5.97 Å². The van der Waals surface area contributed by atoms with E-state index in [1.165, 1.54) is 0 Å². The van der Waals surface area contributed by atoms with Gasteiger partial charge < -0.3 is 5.11 Å². The molecule has 0 aliphatic carbocycles. The maximum atomic E-state index is 11.4. The largest absolute Gasteiger partial charge is 0.481 e. The average Bonchev–Trinajstić information content (AvgIpc) is 2.20. The van der Waals surface area contributed by atoms with E-state index in [9.17, 15) is 13.2 Å². The van der Waals surface area contributed by atoms with E-state index in [4.69, 9.17) is 5.11 Å². The predicted molar refractivity (Wildman–Crippen MR) is 65.8 cm³/mol.